The number of hydrogen-bond donors (Lipinski definition) is 1. The summed E-state index contributed by atoms with van der Waals surface area (Å²) in [5.41, 5.74) is 6.83. The van der Waals surface area contributed by atoms with Gasteiger partial charge in [0.2, 0.25) is 0 Å². The quantitative estimate of drug-likeness (QED) is 0.911. The van der Waals surface area contributed by atoms with E-state index in [-0.39, 0.29) is 5.54 Å². The van der Waals surface area contributed by atoms with E-state index in [0.717, 1.165) is 4.47 Å². The van der Waals surface area contributed by atoms with Crippen LogP contribution in [0.25, 0.3) is 0 Å². The molecule has 90 valence electrons. The van der Waals surface area contributed by atoms with Crippen LogP contribution in [-0.2, 0) is 10.3 Å². The van der Waals surface area contributed by atoms with Crippen LogP contribution < -0.4 is 5.73 Å². The van der Waals surface area contributed by atoms with Crippen molar-refractivity contribution in [3.05, 3.63) is 34.3 Å². The first kappa shape index (κ1) is 11.2. The molecule has 1 aromatic carbocycles. The largest absolute Gasteiger partial charge is 0.386 e. The van der Waals surface area contributed by atoms with Crippen molar-refractivity contribution >= 4 is 21.8 Å². The average molecular weight is 295 g/mol. The van der Waals surface area contributed by atoms with Crippen molar-refractivity contribution in [3.63, 3.8) is 0 Å². The minimum atomic E-state index is -0.244. The summed E-state index contributed by atoms with van der Waals surface area (Å²) in [6.45, 7) is 1.11. The smallest absolute Gasteiger partial charge is 0.121 e. The van der Waals surface area contributed by atoms with Crippen molar-refractivity contribution in [2.75, 3.05) is 13.2 Å². The number of benzene rings is 1. The minimum Gasteiger partial charge on any atom is -0.386 e. The third-order valence-electron chi connectivity index (χ3n) is 3.49. The average Bonchev–Trinajstić information content (AvgIpc) is 3.13. The van der Waals surface area contributed by atoms with E-state index in [2.05, 4.69) is 28.1 Å². The third-order valence-corrected chi connectivity index (χ3v) is 3.99. The normalized spacial score (nSPS) is 28.9. The lowest BCUT2D eigenvalue weighted by Crippen LogP contribution is -2.41. The topological polar surface area (TPSA) is 47.6 Å². The van der Waals surface area contributed by atoms with Gasteiger partial charge in [-0.25, -0.2) is 0 Å². The Morgan fingerprint density at radius 2 is 2.24 bits per heavy atom. The molecule has 1 atom stereocenters. The van der Waals surface area contributed by atoms with Gasteiger partial charge in [0, 0.05) is 4.47 Å². The van der Waals surface area contributed by atoms with Gasteiger partial charge in [-0.05, 0) is 36.5 Å². The lowest BCUT2D eigenvalue weighted by atomic mass is 9.85. The maximum Gasteiger partial charge on any atom is 0.121 e. The van der Waals surface area contributed by atoms with Gasteiger partial charge in [-0.3, -0.25) is 4.99 Å². The zero-order valence-electron chi connectivity index (χ0n) is 9.53. The molecule has 0 aromatic heterocycles. The van der Waals surface area contributed by atoms with Crippen LogP contribution in [0.2, 0.25) is 0 Å². The van der Waals surface area contributed by atoms with E-state index in [1.807, 2.05) is 12.1 Å². The summed E-state index contributed by atoms with van der Waals surface area (Å²) in [7, 11) is 0. The molecule has 0 radical (unpaired) electrons. The second-order valence-corrected chi connectivity index (χ2v) is 5.72. The molecule has 1 aliphatic heterocycles. The van der Waals surface area contributed by atoms with Crippen LogP contribution in [0.3, 0.4) is 0 Å². The highest BCUT2D eigenvalue weighted by molar-refractivity contribution is 9.10. The first-order valence-electron chi connectivity index (χ1n) is 5.89. The van der Waals surface area contributed by atoms with Gasteiger partial charge in [-0.1, -0.05) is 28.1 Å². The summed E-state index contributed by atoms with van der Waals surface area (Å²) in [6, 6.07) is 8.32. The number of halogens is 1. The maximum absolute atomic E-state index is 5.86. The zero-order chi connectivity index (χ0) is 11.9. The molecule has 17 heavy (non-hydrogen) atoms. The molecule has 1 saturated carbocycles. The maximum atomic E-state index is 5.86. The number of ether oxygens (including phenoxy) is 1. The Bertz CT molecular complexity index is 470. The van der Waals surface area contributed by atoms with Gasteiger partial charge in [0.05, 0.1) is 6.61 Å². The number of nitrogens with two attached hydrogens (primary N) is 1. The summed E-state index contributed by atoms with van der Waals surface area (Å²) >= 11 is 3.52. The van der Waals surface area contributed by atoms with E-state index in [9.17, 15) is 0 Å². The van der Waals surface area contributed by atoms with Gasteiger partial charge >= 0.3 is 0 Å². The Balaban J connectivity index is 2.08. The molecule has 1 unspecified atom stereocenters. The molecule has 0 bridgehead atoms. The Morgan fingerprint density at radius 3 is 2.88 bits per heavy atom. The molecule has 0 saturated heterocycles. The molecular weight excluding hydrogens is 280 g/mol. The highest BCUT2D eigenvalue weighted by Gasteiger charge is 2.48. The lowest BCUT2D eigenvalue weighted by molar-refractivity contribution is 0.0860. The molecule has 0 spiro atoms. The Kier molecular flexibility index (Phi) is 2.71. The third kappa shape index (κ3) is 2.00. The SMILES string of the molecule is NC1=NC(c2cccc(Br)c2)(C2CC2)COC1. The van der Waals surface area contributed by atoms with E-state index in [1.165, 1.54) is 18.4 Å². The number of hydrogen-bond acceptors (Lipinski definition) is 3. The van der Waals surface area contributed by atoms with Crippen LogP contribution in [0.5, 0.6) is 0 Å². The second-order valence-electron chi connectivity index (χ2n) is 4.80. The first-order chi connectivity index (χ1) is 8.21. The second kappa shape index (κ2) is 4.10. The van der Waals surface area contributed by atoms with Crippen LogP contribution in [0.1, 0.15) is 18.4 Å². The van der Waals surface area contributed by atoms with E-state index in [4.69, 9.17) is 15.5 Å². The fourth-order valence-electron chi connectivity index (χ4n) is 2.54. The molecule has 3 rings (SSSR count). The molecule has 1 fully saturated rings. The molecular formula is C13H15BrN2O. The molecule has 1 aliphatic carbocycles. The van der Waals surface area contributed by atoms with Crippen LogP contribution in [0.15, 0.2) is 33.7 Å². The van der Waals surface area contributed by atoms with E-state index >= 15 is 0 Å². The summed E-state index contributed by atoms with van der Waals surface area (Å²) < 4.78 is 6.70. The predicted octanol–water partition coefficient (Wildman–Crippen LogP) is 2.44. The Hall–Kier alpha value is -0.870. The Morgan fingerprint density at radius 1 is 1.41 bits per heavy atom. The standard InChI is InChI=1S/C13H15BrN2O/c14-11-3-1-2-10(6-11)13(9-4-5-9)8-17-7-12(15)16-13/h1-3,6,9H,4-5,7-8H2,(H2,15,16). The summed E-state index contributed by atoms with van der Waals surface area (Å²) in [5, 5.41) is 0. The molecule has 1 aromatic rings. The lowest BCUT2D eigenvalue weighted by Gasteiger charge is -2.34. The highest BCUT2D eigenvalue weighted by Crippen LogP contribution is 2.49. The first-order valence-corrected chi connectivity index (χ1v) is 6.68. The monoisotopic (exact) mass is 294 g/mol. The number of rotatable bonds is 2. The molecule has 2 N–H and O–H groups in total. The van der Waals surface area contributed by atoms with Gasteiger partial charge < -0.3 is 10.5 Å². The van der Waals surface area contributed by atoms with Gasteiger partial charge in [-0.2, -0.15) is 0 Å². The van der Waals surface area contributed by atoms with Crippen molar-refractivity contribution in [1.82, 2.24) is 0 Å². The minimum absolute atomic E-state index is 0.244. The van der Waals surface area contributed by atoms with Gasteiger partial charge in [0.15, 0.2) is 0 Å². The zero-order valence-corrected chi connectivity index (χ0v) is 11.1. The van der Waals surface area contributed by atoms with Crippen molar-refractivity contribution < 1.29 is 4.74 Å². The van der Waals surface area contributed by atoms with Crippen LogP contribution >= 0.6 is 15.9 Å². The molecule has 2 aliphatic rings. The van der Waals surface area contributed by atoms with Crippen LogP contribution in [0.4, 0.5) is 0 Å². The van der Waals surface area contributed by atoms with E-state index in [1.54, 1.807) is 0 Å². The van der Waals surface area contributed by atoms with Gasteiger partial charge in [0.25, 0.3) is 0 Å². The summed E-state index contributed by atoms with van der Waals surface area (Å²) in [6.07, 6.45) is 2.43. The molecule has 1 heterocycles. The fourth-order valence-corrected chi connectivity index (χ4v) is 2.94. The van der Waals surface area contributed by atoms with Crippen LogP contribution in [0, 0.1) is 5.92 Å². The van der Waals surface area contributed by atoms with Crippen molar-refractivity contribution in [3.8, 4) is 0 Å². The van der Waals surface area contributed by atoms with Crippen LogP contribution in [-0.4, -0.2) is 19.0 Å². The number of amidine groups is 1. The van der Waals surface area contributed by atoms with E-state index in [0.29, 0.717) is 25.0 Å². The number of nitrogens with zero attached hydrogens (tertiary/aromatic N) is 1. The molecule has 0 amide bonds. The fraction of sp³-hybridized carbons (Fsp3) is 0.462. The molecule has 4 heteroatoms. The highest BCUT2D eigenvalue weighted by atomic mass is 79.9. The van der Waals surface area contributed by atoms with E-state index < -0.39 is 0 Å². The Labute approximate surface area is 109 Å². The van der Waals surface area contributed by atoms with Crippen molar-refractivity contribution in [1.29, 1.82) is 0 Å². The van der Waals surface area contributed by atoms with Gasteiger partial charge in [-0.15, -0.1) is 0 Å². The number of aliphatic imine (C=N–C) groups is 1. The summed E-state index contributed by atoms with van der Waals surface area (Å²) in [4.78, 5) is 4.74. The predicted molar refractivity (Wildman–Crippen MR) is 71.0 cm³/mol. The van der Waals surface area contributed by atoms with Crippen molar-refractivity contribution in [2.45, 2.75) is 18.4 Å². The van der Waals surface area contributed by atoms with Gasteiger partial charge in [0.1, 0.15) is 18.0 Å². The molecule has 3 nitrogen and oxygen atoms in total. The van der Waals surface area contributed by atoms with Crippen molar-refractivity contribution in [2.24, 2.45) is 16.6 Å². The summed E-state index contributed by atoms with van der Waals surface area (Å²) in [5.74, 6) is 1.19.